The molecule has 0 saturated heterocycles. The van der Waals surface area contributed by atoms with E-state index in [1.807, 2.05) is 31.2 Å². The Kier molecular flexibility index (Phi) is 6.64. The molecule has 6 heteroatoms. The van der Waals surface area contributed by atoms with E-state index in [0.717, 1.165) is 16.7 Å². The fourth-order valence-electron chi connectivity index (χ4n) is 2.18. The molecule has 0 unspecified atom stereocenters. The van der Waals surface area contributed by atoms with Crippen molar-refractivity contribution in [3.8, 4) is 0 Å². The molecule has 0 atom stereocenters. The van der Waals surface area contributed by atoms with Crippen LogP contribution in [0.1, 0.15) is 16.7 Å². The van der Waals surface area contributed by atoms with Crippen LogP contribution in [0.25, 0.3) is 0 Å². The van der Waals surface area contributed by atoms with Gasteiger partial charge in [-0.2, -0.15) is 0 Å². The number of amides is 2. The van der Waals surface area contributed by atoms with Crippen molar-refractivity contribution >= 4 is 35.0 Å². The van der Waals surface area contributed by atoms with E-state index < -0.39 is 11.8 Å². The summed E-state index contributed by atoms with van der Waals surface area (Å²) >= 11 is 11.9. The normalized spacial score (nSPS) is 10.3. The fraction of sp³-hybridized carbons (Fsp3) is 0.222. The van der Waals surface area contributed by atoms with Crippen LogP contribution in [-0.4, -0.2) is 18.4 Å². The van der Waals surface area contributed by atoms with E-state index in [-0.39, 0.29) is 0 Å². The fourth-order valence-corrected chi connectivity index (χ4v) is 2.68. The second-order valence-corrected chi connectivity index (χ2v) is 6.19. The molecule has 2 rings (SSSR count). The van der Waals surface area contributed by atoms with Crippen LogP contribution < -0.4 is 10.6 Å². The maximum absolute atomic E-state index is 11.8. The summed E-state index contributed by atoms with van der Waals surface area (Å²) in [5.41, 5.74) is 2.91. The van der Waals surface area contributed by atoms with Crippen LogP contribution in [0.4, 0.5) is 0 Å². The molecule has 0 aliphatic heterocycles. The molecular formula is C18H18Cl2N2O2. The van der Waals surface area contributed by atoms with Gasteiger partial charge < -0.3 is 10.6 Å². The molecule has 0 saturated carbocycles. The summed E-state index contributed by atoms with van der Waals surface area (Å²) in [6.45, 7) is 2.59. The van der Waals surface area contributed by atoms with Gasteiger partial charge in [0.05, 0.1) is 0 Å². The minimum atomic E-state index is -0.659. The molecule has 0 radical (unpaired) electrons. The average molecular weight is 365 g/mol. The Bertz CT molecular complexity index is 748. The molecular weight excluding hydrogens is 347 g/mol. The molecule has 0 heterocycles. The van der Waals surface area contributed by atoms with Crippen molar-refractivity contribution in [2.24, 2.45) is 0 Å². The first kappa shape index (κ1) is 18.3. The van der Waals surface area contributed by atoms with E-state index in [0.29, 0.717) is 29.6 Å². The van der Waals surface area contributed by atoms with Crippen molar-refractivity contribution in [1.29, 1.82) is 0 Å². The second kappa shape index (κ2) is 8.71. The molecule has 24 heavy (non-hydrogen) atoms. The van der Waals surface area contributed by atoms with Crippen molar-refractivity contribution in [2.75, 3.05) is 6.54 Å². The van der Waals surface area contributed by atoms with Gasteiger partial charge in [-0.3, -0.25) is 9.59 Å². The van der Waals surface area contributed by atoms with Gasteiger partial charge in [-0.15, -0.1) is 0 Å². The maximum Gasteiger partial charge on any atom is 0.309 e. The van der Waals surface area contributed by atoms with Gasteiger partial charge in [0.2, 0.25) is 0 Å². The van der Waals surface area contributed by atoms with E-state index in [1.165, 1.54) is 0 Å². The van der Waals surface area contributed by atoms with Crippen molar-refractivity contribution in [3.63, 3.8) is 0 Å². The Morgan fingerprint density at radius 2 is 1.67 bits per heavy atom. The van der Waals surface area contributed by atoms with Crippen LogP contribution in [0.2, 0.25) is 10.0 Å². The van der Waals surface area contributed by atoms with Gasteiger partial charge in [-0.25, -0.2) is 0 Å². The third-order valence-corrected chi connectivity index (χ3v) is 4.19. The second-order valence-electron chi connectivity index (χ2n) is 5.35. The Labute approximate surface area is 151 Å². The highest BCUT2D eigenvalue weighted by molar-refractivity contribution is 6.35. The lowest BCUT2D eigenvalue weighted by molar-refractivity contribution is -0.139. The lowest BCUT2D eigenvalue weighted by atomic mass is 10.1. The van der Waals surface area contributed by atoms with Crippen LogP contribution in [0, 0.1) is 6.92 Å². The summed E-state index contributed by atoms with van der Waals surface area (Å²) in [5.74, 6) is -1.31. The highest BCUT2D eigenvalue weighted by atomic mass is 35.5. The zero-order valence-electron chi connectivity index (χ0n) is 13.2. The summed E-state index contributed by atoms with van der Waals surface area (Å²) in [7, 11) is 0. The van der Waals surface area contributed by atoms with Crippen molar-refractivity contribution in [1.82, 2.24) is 10.6 Å². The zero-order chi connectivity index (χ0) is 17.5. The first-order valence-electron chi connectivity index (χ1n) is 7.52. The van der Waals surface area contributed by atoms with Crippen molar-refractivity contribution in [2.45, 2.75) is 19.9 Å². The van der Waals surface area contributed by atoms with E-state index in [2.05, 4.69) is 10.6 Å². The number of hydrogen-bond donors (Lipinski definition) is 2. The highest BCUT2D eigenvalue weighted by Gasteiger charge is 2.13. The van der Waals surface area contributed by atoms with Crippen molar-refractivity contribution < 1.29 is 9.59 Å². The largest absolute Gasteiger partial charge is 0.348 e. The number of hydrogen-bond acceptors (Lipinski definition) is 2. The highest BCUT2D eigenvalue weighted by Crippen LogP contribution is 2.20. The molecule has 0 aliphatic carbocycles. The molecule has 0 spiro atoms. The van der Waals surface area contributed by atoms with Crippen molar-refractivity contribution in [3.05, 3.63) is 69.2 Å². The monoisotopic (exact) mass is 364 g/mol. The summed E-state index contributed by atoms with van der Waals surface area (Å²) in [6.07, 6.45) is 0.521. The zero-order valence-corrected chi connectivity index (χ0v) is 14.7. The average Bonchev–Trinajstić information content (AvgIpc) is 2.55. The molecule has 2 aromatic carbocycles. The van der Waals surface area contributed by atoms with Gasteiger partial charge >= 0.3 is 11.8 Å². The first-order chi connectivity index (χ1) is 11.5. The molecule has 2 amide bonds. The smallest absolute Gasteiger partial charge is 0.309 e. The van der Waals surface area contributed by atoms with E-state index in [4.69, 9.17) is 23.2 Å². The van der Waals surface area contributed by atoms with Gasteiger partial charge in [0.25, 0.3) is 0 Å². The quantitative estimate of drug-likeness (QED) is 0.799. The van der Waals surface area contributed by atoms with E-state index >= 15 is 0 Å². The molecule has 2 aromatic rings. The number of nitrogens with one attached hydrogen (secondary N) is 2. The van der Waals surface area contributed by atoms with Crippen LogP contribution in [-0.2, 0) is 22.6 Å². The first-order valence-corrected chi connectivity index (χ1v) is 8.27. The maximum atomic E-state index is 11.8. The SMILES string of the molecule is Cc1ccccc1CNC(=O)C(=O)NCCc1ccc(Cl)cc1Cl. The third-order valence-electron chi connectivity index (χ3n) is 3.60. The number of benzene rings is 2. The Morgan fingerprint density at radius 1 is 0.958 bits per heavy atom. The van der Waals surface area contributed by atoms with E-state index in [9.17, 15) is 9.59 Å². The molecule has 4 nitrogen and oxygen atoms in total. The number of halogens is 2. The summed E-state index contributed by atoms with van der Waals surface area (Å²) in [4.78, 5) is 23.6. The van der Waals surface area contributed by atoms with Gasteiger partial charge in [0.15, 0.2) is 0 Å². The van der Waals surface area contributed by atoms with E-state index in [1.54, 1.807) is 18.2 Å². The lowest BCUT2D eigenvalue weighted by Gasteiger charge is -2.09. The standard InChI is InChI=1S/C18H18Cl2N2O2/c1-12-4-2-3-5-14(12)11-22-18(24)17(23)21-9-8-13-6-7-15(19)10-16(13)20/h2-7,10H,8-9,11H2,1H3,(H,21,23)(H,22,24). The number of carbonyl (C=O) groups is 2. The molecule has 126 valence electrons. The minimum Gasteiger partial charge on any atom is -0.348 e. The number of rotatable bonds is 5. The Morgan fingerprint density at radius 3 is 2.38 bits per heavy atom. The topological polar surface area (TPSA) is 58.2 Å². The Balaban J connectivity index is 1.77. The van der Waals surface area contributed by atoms with Gasteiger partial charge in [0, 0.05) is 23.1 Å². The third kappa shape index (κ3) is 5.25. The van der Waals surface area contributed by atoms with Gasteiger partial charge in [0.1, 0.15) is 0 Å². The predicted octanol–water partition coefficient (Wildman–Crippen LogP) is 3.28. The molecule has 2 N–H and O–H groups in total. The minimum absolute atomic E-state index is 0.317. The number of carbonyl (C=O) groups excluding carboxylic acids is 2. The molecule has 0 aliphatic rings. The number of aryl methyl sites for hydroxylation is 1. The van der Waals surface area contributed by atoms with Gasteiger partial charge in [-0.05, 0) is 42.2 Å². The van der Waals surface area contributed by atoms with Crippen LogP contribution in [0.3, 0.4) is 0 Å². The molecule has 0 aromatic heterocycles. The summed E-state index contributed by atoms with van der Waals surface area (Å²) in [6, 6.07) is 12.9. The predicted molar refractivity (Wildman–Crippen MR) is 96.2 cm³/mol. The summed E-state index contributed by atoms with van der Waals surface area (Å²) < 4.78 is 0. The summed E-state index contributed by atoms with van der Waals surface area (Å²) in [5, 5.41) is 6.29. The molecule has 0 fully saturated rings. The molecule has 0 bridgehead atoms. The van der Waals surface area contributed by atoms with Crippen LogP contribution in [0.5, 0.6) is 0 Å². The van der Waals surface area contributed by atoms with Gasteiger partial charge in [-0.1, -0.05) is 53.5 Å². The Hall–Kier alpha value is -2.04. The van der Waals surface area contributed by atoms with Crippen LogP contribution in [0.15, 0.2) is 42.5 Å². The van der Waals surface area contributed by atoms with Crippen LogP contribution >= 0.6 is 23.2 Å². The lowest BCUT2D eigenvalue weighted by Crippen LogP contribution is -2.40.